The normalized spacial score (nSPS) is 21.1. The van der Waals surface area contributed by atoms with E-state index in [0.29, 0.717) is 18.0 Å². The predicted molar refractivity (Wildman–Crippen MR) is 311 cm³/mol. The van der Waals surface area contributed by atoms with Gasteiger partial charge in [0.1, 0.15) is 11.3 Å². The zero-order valence-corrected chi connectivity index (χ0v) is 43.5. The van der Waals surface area contributed by atoms with Gasteiger partial charge in [-0.2, -0.15) is 0 Å². The molecule has 2 unspecified atom stereocenters. The lowest BCUT2D eigenvalue weighted by Gasteiger charge is -2.32. The summed E-state index contributed by atoms with van der Waals surface area (Å²) in [5.74, 6) is 0.783. The molecule has 7 nitrogen and oxygen atoms in total. The van der Waals surface area contributed by atoms with Gasteiger partial charge in [-0.3, -0.25) is 0 Å². The highest BCUT2D eigenvalue weighted by molar-refractivity contribution is 5.95. The third kappa shape index (κ3) is 11.4. The van der Waals surface area contributed by atoms with Crippen molar-refractivity contribution in [2.45, 2.75) is 53.5 Å². The molecule has 0 fully saturated rings. The Kier molecular flexibility index (Phi) is 17.1. The van der Waals surface area contributed by atoms with Gasteiger partial charge in [-0.15, -0.1) is 22.9 Å². The van der Waals surface area contributed by atoms with Crippen molar-refractivity contribution in [1.29, 1.82) is 0 Å². The highest BCUT2D eigenvalue weighted by Crippen LogP contribution is 2.40. The third-order valence-corrected chi connectivity index (χ3v) is 13.1. The Bertz CT molecular complexity index is 3460. The van der Waals surface area contributed by atoms with Gasteiger partial charge in [0.15, 0.2) is 0 Å². The van der Waals surface area contributed by atoms with E-state index in [4.69, 9.17) is 15.9 Å². The topological polar surface area (TPSA) is 95.7 Å². The van der Waals surface area contributed by atoms with Crippen molar-refractivity contribution in [3.8, 4) is 0 Å². The molecule has 0 amide bonds. The Balaban J connectivity index is 1.19. The van der Waals surface area contributed by atoms with Crippen molar-refractivity contribution < 1.29 is 4.42 Å². The van der Waals surface area contributed by atoms with Gasteiger partial charge in [0.05, 0.1) is 28.8 Å². The van der Waals surface area contributed by atoms with E-state index in [1.165, 1.54) is 5.57 Å². The summed E-state index contributed by atoms with van der Waals surface area (Å²) in [5.41, 5.74) is 46.6. The van der Waals surface area contributed by atoms with Crippen LogP contribution in [0.15, 0.2) is 289 Å². The first kappa shape index (κ1) is 51.5. The average Bonchev–Trinajstić information content (AvgIpc) is 3.53. The molecule has 1 aromatic carbocycles. The van der Waals surface area contributed by atoms with Crippen LogP contribution >= 0.6 is 0 Å². The van der Waals surface area contributed by atoms with Crippen LogP contribution in [0.5, 0.6) is 0 Å². The van der Waals surface area contributed by atoms with E-state index in [9.17, 15) is 0 Å². The maximum absolute atomic E-state index is 6.67. The molecular weight excluding hydrogens is 905 g/mol. The number of hydrogen-bond acceptors (Lipinski definition) is 7. The van der Waals surface area contributed by atoms with Gasteiger partial charge >= 0.3 is 0 Å². The fourth-order valence-corrected chi connectivity index (χ4v) is 9.51. The molecule has 0 spiro atoms. The molecule has 0 saturated carbocycles. The summed E-state index contributed by atoms with van der Waals surface area (Å²) in [6.07, 6.45) is 57.7. The average molecular weight is 971 g/mol. The molecular formula is C67H66N6O. The molecule has 2 bridgehead atoms. The number of nitrogens with zero attached hydrogens (tertiary/aromatic N) is 2. The second kappa shape index (κ2) is 24.5. The fourth-order valence-electron chi connectivity index (χ4n) is 9.51. The highest BCUT2D eigenvalue weighted by Gasteiger charge is 2.28. The molecule has 2 atom stereocenters. The van der Waals surface area contributed by atoms with Crippen LogP contribution < -0.4 is 27.0 Å². The lowest BCUT2D eigenvalue weighted by molar-refractivity contribution is 0.565. The Hall–Kier alpha value is -8.84. The van der Waals surface area contributed by atoms with Crippen LogP contribution in [0.25, 0.3) is 23.1 Å². The first-order valence-corrected chi connectivity index (χ1v) is 25.5. The number of dihydropyridines is 1. The van der Waals surface area contributed by atoms with Crippen LogP contribution in [0.3, 0.4) is 0 Å². The van der Waals surface area contributed by atoms with Crippen LogP contribution in [0.4, 0.5) is 5.69 Å². The number of rotatable bonds is 17. The van der Waals surface area contributed by atoms with Gasteiger partial charge in [-0.25, -0.2) is 0 Å². The van der Waals surface area contributed by atoms with Crippen LogP contribution in [-0.4, -0.2) is 31.1 Å². The molecule has 7 heteroatoms. The molecule has 2 aliphatic heterocycles. The van der Waals surface area contributed by atoms with E-state index >= 15 is 0 Å². The minimum Gasteiger partial charge on any atom is -0.455 e. The summed E-state index contributed by atoms with van der Waals surface area (Å²) >= 11 is 0. The second-order valence-electron chi connectivity index (χ2n) is 18.0. The van der Waals surface area contributed by atoms with Crippen molar-refractivity contribution in [1.82, 2.24) is 15.5 Å². The molecule has 3 heterocycles. The molecule has 6 aliphatic rings. The molecule has 0 saturated heterocycles. The Morgan fingerprint density at radius 3 is 2.64 bits per heavy atom. The number of allylic oxidation sites excluding steroid dienone is 21. The van der Waals surface area contributed by atoms with Crippen molar-refractivity contribution in [2.75, 3.05) is 25.0 Å². The van der Waals surface area contributed by atoms with Gasteiger partial charge in [-0.05, 0) is 147 Å². The van der Waals surface area contributed by atoms with Gasteiger partial charge in [0, 0.05) is 89.2 Å². The number of fused-ring (bicyclic) bond motifs is 3. The minimum absolute atomic E-state index is 0.0738. The van der Waals surface area contributed by atoms with Crippen LogP contribution in [0.1, 0.15) is 58.8 Å². The number of hydrogen-bond donors (Lipinski definition) is 4. The molecule has 0 radical (unpaired) electrons. The van der Waals surface area contributed by atoms with Crippen molar-refractivity contribution >= 4 is 28.8 Å². The van der Waals surface area contributed by atoms with Gasteiger partial charge in [-0.1, -0.05) is 105 Å². The van der Waals surface area contributed by atoms with Gasteiger partial charge in [0.25, 0.3) is 0 Å². The Morgan fingerprint density at radius 2 is 1.86 bits per heavy atom. The number of likely N-dealkylation sites (N-methyl/N-ethyl adjacent to an activating group) is 1. The molecule has 6 N–H and O–H groups in total. The number of anilines is 1. The first-order chi connectivity index (χ1) is 36.2. The van der Waals surface area contributed by atoms with Crippen molar-refractivity contribution in [3.63, 3.8) is 0 Å². The third-order valence-electron chi connectivity index (χ3n) is 13.1. The van der Waals surface area contributed by atoms with E-state index in [1.54, 1.807) is 0 Å². The van der Waals surface area contributed by atoms with Crippen molar-refractivity contribution in [3.05, 3.63) is 296 Å². The van der Waals surface area contributed by atoms with Gasteiger partial charge in [0.2, 0.25) is 0 Å². The van der Waals surface area contributed by atoms with E-state index in [2.05, 4.69) is 186 Å². The zero-order valence-electron chi connectivity index (χ0n) is 43.5. The summed E-state index contributed by atoms with van der Waals surface area (Å²) in [6, 6.07) is 5.99. The molecule has 1 aromatic heterocycles. The van der Waals surface area contributed by atoms with Crippen LogP contribution in [-0.2, 0) is 0 Å². The maximum Gasteiger partial charge on any atom is 0.143 e. The molecule has 370 valence electrons. The smallest absolute Gasteiger partial charge is 0.143 e. The Labute approximate surface area is 438 Å². The molecule has 74 heavy (non-hydrogen) atoms. The summed E-state index contributed by atoms with van der Waals surface area (Å²) < 4.78 is 6.59. The van der Waals surface area contributed by atoms with E-state index in [-0.39, 0.29) is 12.0 Å². The van der Waals surface area contributed by atoms with Crippen molar-refractivity contribution in [2.24, 2.45) is 17.4 Å². The van der Waals surface area contributed by atoms with E-state index in [0.717, 1.165) is 109 Å². The minimum atomic E-state index is -0.297. The van der Waals surface area contributed by atoms with E-state index < -0.39 is 0 Å². The lowest BCUT2D eigenvalue weighted by atomic mass is 9.86. The maximum atomic E-state index is 6.67. The SMILES string of the molecule is C=C(/C=C\C)N(c1ccc2oc3c(c2c1)C=C(N1C2=C=C(/C=C(/C(C)C(=CC/C=C\C)C4=CC=CCN4)C=C=C2)C(NC)=C1/C=C\C)C=C=C3)C1C=C=C/C(C2=CC=CC=C=C2/C(N)=C/C=C\CC)=C\C(CN)=C/1. The molecule has 4 aliphatic carbocycles. The lowest BCUT2D eigenvalue weighted by Crippen LogP contribution is -2.31. The molecule has 2 aromatic rings. The largest absolute Gasteiger partial charge is 0.455 e. The number of benzene rings is 1. The zero-order chi connectivity index (χ0) is 52.0. The summed E-state index contributed by atoms with van der Waals surface area (Å²) in [5, 5.41) is 8.10. The number of nitrogens with two attached hydrogens (primary N) is 2. The monoisotopic (exact) mass is 971 g/mol. The molecule has 8 rings (SSSR count). The number of furan rings is 1. The quantitative estimate of drug-likeness (QED) is 0.0712. The van der Waals surface area contributed by atoms with E-state index in [1.807, 2.05) is 93.8 Å². The first-order valence-electron chi connectivity index (χ1n) is 25.5. The highest BCUT2D eigenvalue weighted by atomic mass is 16.3. The summed E-state index contributed by atoms with van der Waals surface area (Å²) in [4.78, 5) is 4.41. The summed E-state index contributed by atoms with van der Waals surface area (Å²) in [6.45, 7) is 16.1. The Morgan fingerprint density at radius 1 is 1.00 bits per heavy atom. The standard InChI is InChI=1S/C67H66N6O/c1-8-12-15-31-57(63-35-19-20-39-71-63)48(6)50-26-21-29-54-43-52(42-50)67(70-7)64(25-11-4)73(54)55-30-23-36-65-60(44-55)61-45-56(37-38-66(61)74-65)72(47(5)24-10-3)53-28-22-27-51(40-49(41-53)46-68)58-32-17-14-18-33-59(58)62(69)34-16-13-9-2/h8,10-14,16-20,24-32,34-38,40-42,44-45,48,53,70-71H,5,9,15,39,46,68-69H2,1-4,6-7H3/b12-8-,16-13-,24-10-,25-11-,49-41+,50-42+,51-40+,57-31?,62-34-. The van der Waals surface area contributed by atoms with Crippen LogP contribution in [0.2, 0.25) is 0 Å². The predicted octanol–water partition coefficient (Wildman–Crippen LogP) is 14.1. The second-order valence-corrected chi connectivity index (χ2v) is 18.0. The fraction of sp³-hybridized carbons (Fsp3) is 0.179. The summed E-state index contributed by atoms with van der Waals surface area (Å²) in [7, 11) is 1.97. The van der Waals surface area contributed by atoms with Gasteiger partial charge < -0.3 is 36.3 Å². The van der Waals surface area contributed by atoms with Crippen LogP contribution in [0, 0.1) is 5.92 Å². The number of nitrogens with one attached hydrogen (secondary N) is 2.